The van der Waals surface area contributed by atoms with E-state index < -0.39 is 65.7 Å². The molecular formula is C34H54N4O8. The molecular weight excluding hydrogens is 592 g/mol. The minimum Gasteiger partial charge on any atom is -0.459 e. The van der Waals surface area contributed by atoms with E-state index in [1.54, 1.807) is 48.5 Å². The standard InChI is InChI=1S/C34H54N4O8/c1-20(2)18-24(29(40)36-27(22(5)6)32(43)45-19-23-14-11-10-12-15-23)35-30(41)28(39)25-16-13-17-38(25)31(42)26(21(3)4)37-33(44)46-34(7,8)9/h10-12,14-15,20-22,24-28,39H,13,16-19H2,1-9H3,(H,35,41)(H,36,40)(H,37,44)/t24-,25+,26+,27+,28?/m1/s1. The monoisotopic (exact) mass is 646 g/mol. The number of hydrogen-bond donors (Lipinski definition) is 4. The highest BCUT2D eigenvalue weighted by Crippen LogP contribution is 2.24. The zero-order chi connectivity index (χ0) is 34.8. The van der Waals surface area contributed by atoms with Crippen molar-refractivity contribution in [1.82, 2.24) is 20.9 Å². The second-order valence-corrected chi connectivity index (χ2v) is 14.1. The minimum absolute atomic E-state index is 0.00832. The van der Waals surface area contributed by atoms with Gasteiger partial charge in [0.1, 0.15) is 30.3 Å². The summed E-state index contributed by atoms with van der Waals surface area (Å²) in [5.41, 5.74) is 0.0543. The van der Waals surface area contributed by atoms with Crippen molar-refractivity contribution in [2.24, 2.45) is 17.8 Å². The van der Waals surface area contributed by atoms with E-state index in [0.717, 1.165) is 5.56 Å². The first-order chi connectivity index (χ1) is 21.4. The van der Waals surface area contributed by atoms with Gasteiger partial charge in [0, 0.05) is 6.54 Å². The molecule has 1 aromatic carbocycles. The molecule has 0 bridgehead atoms. The lowest BCUT2D eigenvalue weighted by Crippen LogP contribution is -2.59. The maximum Gasteiger partial charge on any atom is 0.408 e. The summed E-state index contributed by atoms with van der Waals surface area (Å²) in [6, 6.07) is 5.40. The Kier molecular flexibility index (Phi) is 14.5. The van der Waals surface area contributed by atoms with E-state index >= 15 is 0 Å². The number of nitrogens with zero attached hydrogens (tertiary/aromatic N) is 1. The van der Waals surface area contributed by atoms with Gasteiger partial charge in [-0.15, -0.1) is 0 Å². The molecule has 46 heavy (non-hydrogen) atoms. The molecule has 1 unspecified atom stereocenters. The molecule has 0 spiro atoms. The number of benzene rings is 1. The number of carbonyl (C=O) groups excluding carboxylic acids is 5. The fourth-order valence-electron chi connectivity index (χ4n) is 5.23. The van der Waals surface area contributed by atoms with Gasteiger partial charge in [-0.3, -0.25) is 14.4 Å². The highest BCUT2D eigenvalue weighted by atomic mass is 16.6. The van der Waals surface area contributed by atoms with Gasteiger partial charge < -0.3 is 35.4 Å². The van der Waals surface area contributed by atoms with Crippen LogP contribution in [0, 0.1) is 17.8 Å². The summed E-state index contributed by atoms with van der Waals surface area (Å²) < 4.78 is 10.8. The van der Waals surface area contributed by atoms with Crippen LogP contribution in [0.25, 0.3) is 0 Å². The smallest absolute Gasteiger partial charge is 0.408 e. The van der Waals surface area contributed by atoms with Crippen LogP contribution in [0.3, 0.4) is 0 Å². The molecule has 0 saturated carbocycles. The number of nitrogens with one attached hydrogen (secondary N) is 3. The summed E-state index contributed by atoms with van der Waals surface area (Å²) in [5.74, 6) is -3.01. The lowest BCUT2D eigenvalue weighted by atomic mass is 9.99. The first-order valence-electron chi connectivity index (χ1n) is 16.2. The van der Waals surface area contributed by atoms with Crippen LogP contribution in [0.1, 0.15) is 87.1 Å². The Bertz CT molecular complexity index is 1180. The molecule has 1 aliphatic rings. The van der Waals surface area contributed by atoms with E-state index in [1.807, 2.05) is 44.2 Å². The van der Waals surface area contributed by atoms with Crippen LogP contribution in [0.2, 0.25) is 0 Å². The number of alkyl carbamates (subject to hydrolysis) is 1. The van der Waals surface area contributed by atoms with Crippen molar-refractivity contribution in [3.63, 3.8) is 0 Å². The molecule has 258 valence electrons. The van der Waals surface area contributed by atoms with Gasteiger partial charge >= 0.3 is 12.1 Å². The third kappa shape index (κ3) is 11.9. The number of rotatable bonds is 14. The summed E-state index contributed by atoms with van der Waals surface area (Å²) in [7, 11) is 0. The topological polar surface area (TPSA) is 163 Å². The Hall–Kier alpha value is -3.67. The summed E-state index contributed by atoms with van der Waals surface area (Å²) in [4.78, 5) is 67.3. The minimum atomic E-state index is -1.63. The van der Waals surface area contributed by atoms with Gasteiger partial charge in [0.25, 0.3) is 5.91 Å². The molecule has 12 heteroatoms. The second-order valence-electron chi connectivity index (χ2n) is 14.1. The zero-order valence-electron chi connectivity index (χ0n) is 28.8. The van der Waals surface area contributed by atoms with E-state index in [2.05, 4.69) is 16.0 Å². The summed E-state index contributed by atoms with van der Waals surface area (Å²) in [6.07, 6.45) is -1.20. The molecule has 12 nitrogen and oxygen atoms in total. The largest absolute Gasteiger partial charge is 0.459 e. The Morgan fingerprint density at radius 2 is 1.50 bits per heavy atom. The lowest BCUT2D eigenvalue weighted by molar-refractivity contribution is -0.150. The molecule has 1 heterocycles. The number of carbonyl (C=O) groups is 5. The van der Waals surface area contributed by atoms with Crippen LogP contribution in [-0.2, 0) is 35.3 Å². The quantitative estimate of drug-likeness (QED) is 0.224. The average Bonchev–Trinajstić information content (AvgIpc) is 3.45. The van der Waals surface area contributed by atoms with Crippen molar-refractivity contribution >= 4 is 29.8 Å². The van der Waals surface area contributed by atoms with Gasteiger partial charge in [0.15, 0.2) is 6.10 Å². The average molecular weight is 647 g/mol. The van der Waals surface area contributed by atoms with Gasteiger partial charge in [-0.25, -0.2) is 9.59 Å². The maximum atomic E-state index is 13.6. The Morgan fingerprint density at radius 3 is 2.04 bits per heavy atom. The third-order valence-corrected chi connectivity index (χ3v) is 7.60. The fraction of sp³-hybridized carbons (Fsp3) is 0.676. The molecule has 4 amide bonds. The number of aliphatic hydroxyl groups is 1. The molecule has 1 fully saturated rings. The zero-order valence-corrected chi connectivity index (χ0v) is 28.8. The number of likely N-dealkylation sites (tertiary alicyclic amines) is 1. The Balaban J connectivity index is 2.13. The molecule has 0 aliphatic carbocycles. The van der Waals surface area contributed by atoms with Gasteiger partial charge in [-0.05, 0) is 63.4 Å². The van der Waals surface area contributed by atoms with Crippen molar-refractivity contribution in [2.75, 3.05) is 6.54 Å². The molecule has 1 aromatic rings. The first kappa shape index (κ1) is 38.5. The summed E-state index contributed by atoms with van der Waals surface area (Å²) in [5, 5.41) is 19.2. The first-order valence-corrected chi connectivity index (χ1v) is 16.2. The predicted octanol–water partition coefficient (Wildman–Crippen LogP) is 3.30. The molecule has 5 atom stereocenters. The van der Waals surface area contributed by atoms with Crippen LogP contribution < -0.4 is 16.0 Å². The van der Waals surface area contributed by atoms with E-state index in [-0.39, 0.29) is 30.8 Å². The van der Waals surface area contributed by atoms with Crippen LogP contribution in [-0.4, -0.2) is 82.2 Å². The molecule has 1 aliphatic heterocycles. The van der Waals surface area contributed by atoms with Crippen molar-refractivity contribution in [1.29, 1.82) is 0 Å². The van der Waals surface area contributed by atoms with Crippen molar-refractivity contribution in [3.8, 4) is 0 Å². The van der Waals surface area contributed by atoms with Crippen molar-refractivity contribution in [3.05, 3.63) is 35.9 Å². The van der Waals surface area contributed by atoms with Gasteiger partial charge in [0.05, 0.1) is 6.04 Å². The second kappa shape index (κ2) is 17.3. The van der Waals surface area contributed by atoms with Crippen molar-refractivity contribution in [2.45, 2.75) is 124 Å². The normalized spacial score (nSPS) is 17.7. The number of aliphatic hydroxyl groups excluding tert-OH is 1. The lowest BCUT2D eigenvalue weighted by Gasteiger charge is -2.33. The Labute approximate surface area is 273 Å². The van der Waals surface area contributed by atoms with Crippen LogP contribution >= 0.6 is 0 Å². The molecule has 4 N–H and O–H groups in total. The van der Waals surface area contributed by atoms with E-state index in [0.29, 0.717) is 19.4 Å². The molecule has 1 saturated heterocycles. The summed E-state index contributed by atoms with van der Waals surface area (Å²) in [6.45, 7) is 16.4. The fourth-order valence-corrected chi connectivity index (χ4v) is 5.23. The van der Waals surface area contributed by atoms with Gasteiger partial charge in [0.2, 0.25) is 11.8 Å². The highest BCUT2D eigenvalue weighted by Gasteiger charge is 2.42. The number of hydrogen-bond acceptors (Lipinski definition) is 8. The number of esters is 1. The van der Waals surface area contributed by atoms with Gasteiger partial charge in [-0.2, -0.15) is 0 Å². The van der Waals surface area contributed by atoms with Gasteiger partial charge in [-0.1, -0.05) is 71.9 Å². The maximum absolute atomic E-state index is 13.6. The molecule has 0 radical (unpaired) electrons. The third-order valence-electron chi connectivity index (χ3n) is 7.60. The number of amides is 4. The van der Waals surface area contributed by atoms with E-state index in [9.17, 15) is 29.1 Å². The van der Waals surface area contributed by atoms with Crippen LogP contribution in [0.5, 0.6) is 0 Å². The Morgan fingerprint density at radius 1 is 0.891 bits per heavy atom. The van der Waals surface area contributed by atoms with Crippen molar-refractivity contribution < 1.29 is 38.6 Å². The summed E-state index contributed by atoms with van der Waals surface area (Å²) >= 11 is 0. The number of ether oxygens (including phenoxy) is 2. The van der Waals surface area contributed by atoms with Crippen LogP contribution in [0.15, 0.2) is 30.3 Å². The van der Waals surface area contributed by atoms with E-state index in [4.69, 9.17) is 9.47 Å². The molecule has 2 rings (SSSR count). The molecule has 0 aromatic heterocycles. The highest BCUT2D eigenvalue weighted by molar-refractivity contribution is 5.93. The predicted molar refractivity (Wildman–Crippen MR) is 173 cm³/mol. The van der Waals surface area contributed by atoms with E-state index in [1.165, 1.54) is 4.90 Å². The SMILES string of the molecule is CC(C)C[C@@H](NC(=O)C(O)[C@@H]1CCCN1C(=O)[C@@H](NC(=O)OC(C)(C)C)C(C)C)C(=O)N[C@H](C(=O)OCc1ccccc1)C(C)C. The van der Waals surface area contributed by atoms with Crippen LogP contribution in [0.4, 0.5) is 4.79 Å².